The number of hydrogen-bond donors (Lipinski definition) is 0. The summed E-state index contributed by atoms with van der Waals surface area (Å²) in [5.41, 5.74) is 1.97. The molecule has 2 aromatic rings. The number of nitrogens with zero attached hydrogens (tertiary/aromatic N) is 1. The molecule has 1 aromatic carbocycles. The molecule has 0 amide bonds. The lowest BCUT2D eigenvalue weighted by molar-refractivity contribution is 0.174. The standard InChI is InChI=1S/C14H17NO3Si/c1-9-14(19(2,3)4)13(15-18-9)10-5-6-11-12(7-10)17-8-16-11/h5-7H,8H2,1-4H3. The highest BCUT2D eigenvalue weighted by molar-refractivity contribution is 6.89. The van der Waals surface area contributed by atoms with Gasteiger partial charge in [-0.15, -0.1) is 0 Å². The molecule has 1 aromatic heterocycles. The molecular weight excluding hydrogens is 258 g/mol. The summed E-state index contributed by atoms with van der Waals surface area (Å²) < 4.78 is 16.2. The summed E-state index contributed by atoms with van der Waals surface area (Å²) in [6.45, 7) is 9.16. The van der Waals surface area contributed by atoms with Crippen LogP contribution >= 0.6 is 0 Å². The number of hydrogen-bond acceptors (Lipinski definition) is 4. The van der Waals surface area contributed by atoms with Crippen molar-refractivity contribution in [3.05, 3.63) is 24.0 Å². The van der Waals surface area contributed by atoms with Crippen LogP contribution in [0.4, 0.5) is 0 Å². The Morgan fingerprint density at radius 1 is 1.11 bits per heavy atom. The Morgan fingerprint density at radius 2 is 1.84 bits per heavy atom. The molecule has 4 nitrogen and oxygen atoms in total. The zero-order valence-corrected chi connectivity index (χ0v) is 12.6. The van der Waals surface area contributed by atoms with E-state index in [1.165, 1.54) is 5.19 Å². The van der Waals surface area contributed by atoms with E-state index in [1.807, 2.05) is 25.1 Å². The van der Waals surface area contributed by atoms with Gasteiger partial charge in [0.2, 0.25) is 6.79 Å². The van der Waals surface area contributed by atoms with Gasteiger partial charge in [-0.25, -0.2) is 0 Å². The van der Waals surface area contributed by atoms with Crippen molar-refractivity contribution in [1.29, 1.82) is 0 Å². The maximum Gasteiger partial charge on any atom is 0.231 e. The average molecular weight is 275 g/mol. The van der Waals surface area contributed by atoms with Gasteiger partial charge in [-0.05, 0) is 25.1 Å². The van der Waals surface area contributed by atoms with Gasteiger partial charge in [0.15, 0.2) is 11.5 Å². The molecule has 0 N–H and O–H groups in total. The Hall–Kier alpha value is -1.75. The second-order valence-corrected chi connectivity index (χ2v) is 10.8. The highest BCUT2D eigenvalue weighted by Gasteiger charge is 2.28. The van der Waals surface area contributed by atoms with Gasteiger partial charge in [0.25, 0.3) is 0 Å². The fourth-order valence-electron chi connectivity index (χ4n) is 2.50. The summed E-state index contributed by atoms with van der Waals surface area (Å²) in [5.74, 6) is 2.49. The number of aryl methyl sites for hydroxylation is 1. The molecule has 0 fully saturated rings. The molecule has 0 radical (unpaired) electrons. The second-order valence-electron chi connectivity index (χ2n) is 5.78. The third kappa shape index (κ3) is 2.04. The van der Waals surface area contributed by atoms with Crippen LogP contribution in [0.5, 0.6) is 11.5 Å². The van der Waals surface area contributed by atoms with Gasteiger partial charge in [0, 0.05) is 10.8 Å². The number of benzene rings is 1. The van der Waals surface area contributed by atoms with Crippen LogP contribution in [0.2, 0.25) is 19.6 Å². The van der Waals surface area contributed by atoms with Crippen molar-refractivity contribution in [2.75, 3.05) is 6.79 Å². The van der Waals surface area contributed by atoms with Crippen molar-refractivity contribution in [2.45, 2.75) is 26.6 Å². The van der Waals surface area contributed by atoms with Crippen molar-refractivity contribution >= 4 is 13.3 Å². The van der Waals surface area contributed by atoms with Crippen molar-refractivity contribution in [2.24, 2.45) is 0 Å². The summed E-state index contributed by atoms with van der Waals surface area (Å²) in [7, 11) is -1.51. The molecule has 5 heteroatoms. The Morgan fingerprint density at radius 3 is 2.58 bits per heavy atom. The summed E-state index contributed by atoms with van der Waals surface area (Å²) >= 11 is 0. The molecule has 2 heterocycles. The van der Waals surface area contributed by atoms with Crippen molar-refractivity contribution in [1.82, 2.24) is 5.16 Å². The van der Waals surface area contributed by atoms with Crippen LogP contribution in [0.15, 0.2) is 22.7 Å². The minimum Gasteiger partial charge on any atom is -0.454 e. The average Bonchev–Trinajstić information content (AvgIpc) is 2.92. The van der Waals surface area contributed by atoms with Crippen LogP contribution in [-0.4, -0.2) is 20.0 Å². The molecule has 3 rings (SSSR count). The Bertz CT molecular complexity index is 628. The minimum absolute atomic E-state index is 0.289. The van der Waals surface area contributed by atoms with Crippen LogP contribution in [0, 0.1) is 6.92 Å². The normalized spacial score (nSPS) is 13.9. The van der Waals surface area contributed by atoms with E-state index in [4.69, 9.17) is 14.0 Å². The molecule has 0 atom stereocenters. The third-order valence-electron chi connectivity index (χ3n) is 3.26. The lowest BCUT2D eigenvalue weighted by atomic mass is 10.1. The lowest BCUT2D eigenvalue weighted by Crippen LogP contribution is -2.39. The molecular formula is C14H17NO3Si. The summed E-state index contributed by atoms with van der Waals surface area (Å²) in [5, 5.41) is 5.51. The second kappa shape index (κ2) is 4.13. The first-order valence-corrected chi connectivity index (χ1v) is 9.83. The Kier molecular flexibility index (Phi) is 2.67. The van der Waals surface area contributed by atoms with Gasteiger partial charge < -0.3 is 14.0 Å². The van der Waals surface area contributed by atoms with E-state index >= 15 is 0 Å². The van der Waals surface area contributed by atoms with Gasteiger partial charge in [0.1, 0.15) is 11.5 Å². The molecule has 0 saturated carbocycles. The third-order valence-corrected chi connectivity index (χ3v) is 5.35. The van der Waals surface area contributed by atoms with Crippen LogP contribution in [-0.2, 0) is 0 Å². The Labute approximate surface area is 113 Å². The SMILES string of the molecule is Cc1onc(-c2ccc3c(c2)OCO3)c1[Si](C)(C)C. The van der Waals surface area contributed by atoms with Gasteiger partial charge in [0.05, 0.1) is 8.07 Å². The van der Waals surface area contributed by atoms with Gasteiger partial charge >= 0.3 is 0 Å². The number of ether oxygens (including phenoxy) is 2. The molecule has 19 heavy (non-hydrogen) atoms. The van der Waals surface area contributed by atoms with Crippen molar-refractivity contribution < 1.29 is 14.0 Å². The molecule has 1 aliphatic heterocycles. The quantitative estimate of drug-likeness (QED) is 0.790. The van der Waals surface area contributed by atoms with Crippen molar-refractivity contribution in [3.63, 3.8) is 0 Å². The van der Waals surface area contributed by atoms with E-state index in [0.29, 0.717) is 0 Å². The van der Waals surface area contributed by atoms with E-state index in [-0.39, 0.29) is 6.79 Å². The first-order chi connectivity index (χ1) is 8.97. The fourth-order valence-corrected chi connectivity index (χ4v) is 4.50. The predicted molar refractivity (Wildman–Crippen MR) is 75.8 cm³/mol. The highest BCUT2D eigenvalue weighted by atomic mass is 28.3. The zero-order valence-electron chi connectivity index (χ0n) is 11.6. The maximum atomic E-state index is 5.42. The molecule has 0 unspecified atom stereocenters. The van der Waals surface area contributed by atoms with E-state index in [0.717, 1.165) is 28.5 Å². The minimum atomic E-state index is -1.51. The van der Waals surface area contributed by atoms with Crippen LogP contribution in [0.3, 0.4) is 0 Å². The van der Waals surface area contributed by atoms with Crippen LogP contribution in [0.1, 0.15) is 5.76 Å². The monoisotopic (exact) mass is 275 g/mol. The lowest BCUT2D eigenvalue weighted by Gasteiger charge is -2.16. The molecule has 0 bridgehead atoms. The van der Waals surface area contributed by atoms with E-state index in [9.17, 15) is 0 Å². The summed E-state index contributed by atoms with van der Waals surface area (Å²) in [6.07, 6.45) is 0. The zero-order chi connectivity index (χ0) is 13.6. The number of rotatable bonds is 2. The molecule has 0 spiro atoms. The molecule has 0 aliphatic carbocycles. The largest absolute Gasteiger partial charge is 0.454 e. The first kappa shape index (κ1) is 12.3. The van der Waals surface area contributed by atoms with Gasteiger partial charge in [-0.3, -0.25) is 0 Å². The fraction of sp³-hybridized carbons (Fsp3) is 0.357. The predicted octanol–water partition coefficient (Wildman–Crippen LogP) is 2.92. The highest BCUT2D eigenvalue weighted by Crippen LogP contribution is 2.35. The van der Waals surface area contributed by atoms with Crippen molar-refractivity contribution in [3.8, 4) is 22.8 Å². The van der Waals surface area contributed by atoms with E-state index < -0.39 is 8.07 Å². The van der Waals surface area contributed by atoms with E-state index in [1.54, 1.807) is 0 Å². The molecule has 1 aliphatic rings. The molecule has 0 saturated heterocycles. The van der Waals surface area contributed by atoms with Crippen LogP contribution in [0.25, 0.3) is 11.3 Å². The topological polar surface area (TPSA) is 44.5 Å². The molecule has 100 valence electrons. The maximum absolute atomic E-state index is 5.42. The Balaban J connectivity index is 2.13. The first-order valence-electron chi connectivity index (χ1n) is 6.33. The smallest absolute Gasteiger partial charge is 0.231 e. The van der Waals surface area contributed by atoms with E-state index in [2.05, 4.69) is 24.8 Å². The summed E-state index contributed by atoms with van der Waals surface area (Å²) in [6, 6.07) is 5.91. The number of fused-ring (bicyclic) bond motifs is 1. The van der Waals surface area contributed by atoms with Gasteiger partial charge in [-0.2, -0.15) is 0 Å². The number of aromatic nitrogens is 1. The summed E-state index contributed by atoms with van der Waals surface area (Å²) in [4.78, 5) is 0. The van der Waals surface area contributed by atoms with Crippen LogP contribution < -0.4 is 14.7 Å². The van der Waals surface area contributed by atoms with Gasteiger partial charge in [-0.1, -0.05) is 24.8 Å².